The second-order valence-corrected chi connectivity index (χ2v) is 3.06. The molecule has 0 radical (unpaired) electrons. The Labute approximate surface area is 82.1 Å². The first-order valence-corrected chi connectivity index (χ1v) is 4.34. The summed E-state index contributed by atoms with van der Waals surface area (Å²) in [5, 5.41) is 9.59. The molecule has 0 aliphatic rings. The molecule has 2 rings (SSSR count). The van der Waals surface area contributed by atoms with E-state index in [1.165, 1.54) is 6.33 Å². The zero-order valence-electron chi connectivity index (χ0n) is 7.81. The van der Waals surface area contributed by atoms with Gasteiger partial charge in [0.1, 0.15) is 12.1 Å². The number of benzene rings is 1. The van der Waals surface area contributed by atoms with Crippen molar-refractivity contribution in [2.75, 3.05) is 0 Å². The van der Waals surface area contributed by atoms with Crippen molar-refractivity contribution in [1.82, 2.24) is 9.97 Å². The molecular weight excluding hydrogens is 176 g/mol. The molecule has 0 amide bonds. The zero-order chi connectivity index (χ0) is 9.97. The Balaban J connectivity index is 2.55. The summed E-state index contributed by atoms with van der Waals surface area (Å²) in [5.41, 5.74) is 2.37. The van der Waals surface area contributed by atoms with Gasteiger partial charge in [-0.25, -0.2) is 9.97 Å². The second kappa shape index (κ2) is 3.46. The fourth-order valence-corrected chi connectivity index (χ4v) is 1.29. The van der Waals surface area contributed by atoms with E-state index in [4.69, 9.17) is 0 Å². The number of phenols is 1. The van der Waals surface area contributed by atoms with Gasteiger partial charge < -0.3 is 5.11 Å². The van der Waals surface area contributed by atoms with E-state index in [1.807, 2.05) is 25.1 Å². The van der Waals surface area contributed by atoms with Gasteiger partial charge in [-0.1, -0.05) is 12.1 Å². The normalized spacial score (nSPS) is 10.1. The van der Waals surface area contributed by atoms with Crippen molar-refractivity contribution in [2.24, 2.45) is 0 Å². The van der Waals surface area contributed by atoms with E-state index >= 15 is 0 Å². The smallest absolute Gasteiger partial charge is 0.124 e. The Morgan fingerprint density at radius 3 is 2.64 bits per heavy atom. The van der Waals surface area contributed by atoms with Crippen LogP contribution in [0.25, 0.3) is 11.3 Å². The van der Waals surface area contributed by atoms with Crippen LogP contribution >= 0.6 is 0 Å². The van der Waals surface area contributed by atoms with E-state index in [0.717, 1.165) is 17.0 Å². The molecule has 0 bridgehead atoms. The van der Waals surface area contributed by atoms with Crippen molar-refractivity contribution in [2.45, 2.75) is 6.92 Å². The van der Waals surface area contributed by atoms with Crippen LogP contribution in [0, 0.1) is 6.92 Å². The summed E-state index contributed by atoms with van der Waals surface area (Å²) in [5.74, 6) is 0.241. The standard InChI is InChI=1S/C11H10N2O/c1-8-6-10(13-7-12-8)9-4-2-3-5-11(9)14/h2-7,14H,1H3. The minimum atomic E-state index is 0.241. The lowest BCUT2D eigenvalue weighted by atomic mass is 10.1. The Hall–Kier alpha value is -1.90. The monoisotopic (exact) mass is 186 g/mol. The van der Waals surface area contributed by atoms with Crippen molar-refractivity contribution >= 4 is 0 Å². The second-order valence-electron chi connectivity index (χ2n) is 3.06. The Bertz CT molecular complexity index is 455. The predicted molar refractivity (Wildman–Crippen MR) is 53.9 cm³/mol. The molecule has 1 aromatic carbocycles. The number of rotatable bonds is 1. The molecule has 0 aliphatic heterocycles. The first kappa shape index (κ1) is 8.69. The number of aromatic hydroxyl groups is 1. The highest BCUT2D eigenvalue weighted by Crippen LogP contribution is 2.26. The number of hydrogen-bond donors (Lipinski definition) is 1. The summed E-state index contributed by atoms with van der Waals surface area (Å²) in [6, 6.07) is 8.97. The Kier molecular flexibility index (Phi) is 2.14. The molecule has 0 saturated heterocycles. The van der Waals surface area contributed by atoms with Gasteiger partial charge in [0.2, 0.25) is 0 Å². The van der Waals surface area contributed by atoms with E-state index in [1.54, 1.807) is 12.1 Å². The highest BCUT2D eigenvalue weighted by molar-refractivity contribution is 5.66. The molecule has 0 saturated carbocycles. The first-order valence-electron chi connectivity index (χ1n) is 4.34. The van der Waals surface area contributed by atoms with Crippen molar-refractivity contribution in [3.8, 4) is 17.0 Å². The SMILES string of the molecule is Cc1cc(-c2ccccc2O)ncn1. The third-order valence-electron chi connectivity index (χ3n) is 1.98. The predicted octanol–water partition coefficient (Wildman–Crippen LogP) is 2.16. The van der Waals surface area contributed by atoms with Gasteiger partial charge in [-0.15, -0.1) is 0 Å². The van der Waals surface area contributed by atoms with Gasteiger partial charge in [0.25, 0.3) is 0 Å². The molecular formula is C11H10N2O. The third-order valence-corrected chi connectivity index (χ3v) is 1.98. The fourth-order valence-electron chi connectivity index (χ4n) is 1.29. The lowest BCUT2D eigenvalue weighted by molar-refractivity contribution is 0.477. The van der Waals surface area contributed by atoms with Crippen LogP contribution in [-0.4, -0.2) is 15.1 Å². The van der Waals surface area contributed by atoms with Crippen LogP contribution in [0.1, 0.15) is 5.69 Å². The van der Waals surface area contributed by atoms with Gasteiger partial charge in [0, 0.05) is 11.3 Å². The van der Waals surface area contributed by atoms with Crippen LogP contribution in [0.5, 0.6) is 5.75 Å². The molecule has 0 atom stereocenters. The average Bonchev–Trinajstić information content (AvgIpc) is 2.18. The summed E-state index contributed by atoms with van der Waals surface area (Å²) in [7, 11) is 0. The first-order chi connectivity index (χ1) is 6.77. The van der Waals surface area contributed by atoms with Crippen LogP contribution in [0.2, 0.25) is 0 Å². The molecule has 1 N–H and O–H groups in total. The van der Waals surface area contributed by atoms with E-state index in [-0.39, 0.29) is 5.75 Å². The largest absolute Gasteiger partial charge is 0.507 e. The maximum absolute atomic E-state index is 9.59. The van der Waals surface area contributed by atoms with Crippen molar-refractivity contribution < 1.29 is 5.11 Å². The number of phenolic OH excluding ortho intramolecular Hbond substituents is 1. The van der Waals surface area contributed by atoms with Gasteiger partial charge in [-0.2, -0.15) is 0 Å². The minimum Gasteiger partial charge on any atom is -0.507 e. The van der Waals surface area contributed by atoms with Crippen molar-refractivity contribution in [1.29, 1.82) is 0 Å². The number of hydrogen-bond acceptors (Lipinski definition) is 3. The lowest BCUT2D eigenvalue weighted by Gasteiger charge is -2.03. The zero-order valence-corrected chi connectivity index (χ0v) is 7.81. The molecule has 14 heavy (non-hydrogen) atoms. The fraction of sp³-hybridized carbons (Fsp3) is 0.0909. The molecule has 3 nitrogen and oxygen atoms in total. The van der Waals surface area contributed by atoms with Crippen LogP contribution in [0.3, 0.4) is 0 Å². The molecule has 2 aromatic rings. The Morgan fingerprint density at radius 2 is 1.93 bits per heavy atom. The Morgan fingerprint density at radius 1 is 1.14 bits per heavy atom. The van der Waals surface area contributed by atoms with Crippen molar-refractivity contribution in [3.05, 3.63) is 42.4 Å². The average molecular weight is 186 g/mol. The topological polar surface area (TPSA) is 46.0 Å². The molecule has 3 heteroatoms. The quantitative estimate of drug-likeness (QED) is 0.742. The molecule has 0 spiro atoms. The molecule has 0 fully saturated rings. The van der Waals surface area contributed by atoms with E-state index in [9.17, 15) is 5.11 Å². The number of aromatic nitrogens is 2. The summed E-state index contributed by atoms with van der Waals surface area (Å²) in [6.45, 7) is 1.89. The molecule has 0 aliphatic carbocycles. The summed E-state index contributed by atoms with van der Waals surface area (Å²) >= 11 is 0. The maximum atomic E-state index is 9.59. The number of para-hydroxylation sites is 1. The van der Waals surface area contributed by atoms with Gasteiger partial charge in [-0.05, 0) is 25.1 Å². The van der Waals surface area contributed by atoms with E-state index < -0.39 is 0 Å². The number of nitrogens with zero attached hydrogens (tertiary/aromatic N) is 2. The van der Waals surface area contributed by atoms with Gasteiger partial charge in [0.15, 0.2) is 0 Å². The highest BCUT2D eigenvalue weighted by atomic mass is 16.3. The van der Waals surface area contributed by atoms with Crippen LogP contribution in [0.15, 0.2) is 36.7 Å². The van der Waals surface area contributed by atoms with Crippen LogP contribution in [-0.2, 0) is 0 Å². The third kappa shape index (κ3) is 1.57. The highest BCUT2D eigenvalue weighted by Gasteiger charge is 2.03. The molecule has 1 aromatic heterocycles. The van der Waals surface area contributed by atoms with Gasteiger partial charge >= 0.3 is 0 Å². The van der Waals surface area contributed by atoms with Gasteiger partial charge in [-0.3, -0.25) is 0 Å². The molecule has 0 unspecified atom stereocenters. The maximum Gasteiger partial charge on any atom is 0.124 e. The lowest BCUT2D eigenvalue weighted by Crippen LogP contribution is -1.87. The van der Waals surface area contributed by atoms with E-state index in [0.29, 0.717) is 0 Å². The summed E-state index contributed by atoms with van der Waals surface area (Å²) in [4.78, 5) is 8.10. The minimum absolute atomic E-state index is 0.241. The van der Waals surface area contributed by atoms with Gasteiger partial charge in [0.05, 0.1) is 5.69 Å². The molecule has 1 heterocycles. The van der Waals surface area contributed by atoms with E-state index in [2.05, 4.69) is 9.97 Å². The summed E-state index contributed by atoms with van der Waals surface area (Å²) < 4.78 is 0. The summed E-state index contributed by atoms with van der Waals surface area (Å²) in [6.07, 6.45) is 1.50. The van der Waals surface area contributed by atoms with Crippen LogP contribution in [0.4, 0.5) is 0 Å². The number of aryl methyl sites for hydroxylation is 1. The van der Waals surface area contributed by atoms with Crippen molar-refractivity contribution in [3.63, 3.8) is 0 Å². The van der Waals surface area contributed by atoms with Crippen LogP contribution < -0.4 is 0 Å². The molecule has 70 valence electrons.